The lowest BCUT2D eigenvalue weighted by atomic mass is 10.2. The van der Waals surface area contributed by atoms with Crippen molar-refractivity contribution < 1.29 is 15.0 Å². The Morgan fingerprint density at radius 3 is 2.08 bits per heavy atom. The lowest BCUT2D eigenvalue weighted by Crippen LogP contribution is -1.86. The van der Waals surface area contributed by atoms with Gasteiger partial charge in [-0.3, -0.25) is 0 Å². The van der Waals surface area contributed by atoms with Gasteiger partial charge in [0.2, 0.25) is 0 Å². The maximum atomic E-state index is 10.2. The van der Waals surface area contributed by atoms with Gasteiger partial charge in [0.15, 0.2) is 0 Å². The molecule has 0 aromatic heterocycles. The van der Waals surface area contributed by atoms with Crippen LogP contribution in [-0.4, -0.2) is 16.2 Å². The van der Waals surface area contributed by atoms with Crippen molar-refractivity contribution >= 4 is 5.97 Å². The molecule has 70 valence electrons. The summed E-state index contributed by atoms with van der Waals surface area (Å²) < 4.78 is 0. The third-order valence-corrected chi connectivity index (χ3v) is 1.22. The van der Waals surface area contributed by atoms with Gasteiger partial charge in [-0.05, 0) is 24.6 Å². The molecular formula is C10H12O3. The predicted molar refractivity (Wildman–Crippen MR) is 51.4 cm³/mol. The molecule has 0 bridgehead atoms. The highest BCUT2D eigenvalue weighted by molar-refractivity contribution is 5.80. The first kappa shape index (κ1) is 11.2. The minimum Gasteiger partial charge on any atom is -0.509 e. The van der Waals surface area contributed by atoms with Crippen molar-refractivity contribution in [1.29, 1.82) is 0 Å². The number of carbonyl (C=O) groups is 1. The quantitative estimate of drug-likeness (QED) is 0.396. The molecule has 13 heavy (non-hydrogen) atoms. The Morgan fingerprint density at radius 2 is 1.69 bits per heavy atom. The van der Waals surface area contributed by atoms with Crippen LogP contribution < -0.4 is 0 Å². The molecule has 0 atom stereocenters. The van der Waals surface area contributed by atoms with E-state index >= 15 is 0 Å². The van der Waals surface area contributed by atoms with Crippen molar-refractivity contribution in [2.75, 3.05) is 0 Å². The number of hydrogen-bond acceptors (Lipinski definition) is 2. The van der Waals surface area contributed by atoms with E-state index in [0.29, 0.717) is 5.57 Å². The molecule has 0 aliphatic heterocycles. The molecule has 0 aliphatic carbocycles. The van der Waals surface area contributed by atoms with Crippen molar-refractivity contribution in [1.82, 2.24) is 0 Å². The third-order valence-electron chi connectivity index (χ3n) is 1.22. The van der Waals surface area contributed by atoms with Crippen LogP contribution in [0.25, 0.3) is 0 Å². The van der Waals surface area contributed by atoms with Gasteiger partial charge in [-0.25, -0.2) is 4.79 Å². The Kier molecular flexibility index (Phi) is 5.03. The first-order chi connectivity index (χ1) is 6.06. The summed E-state index contributed by atoms with van der Waals surface area (Å²) in [4.78, 5) is 10.2. The van der Waals surface area contributed by atoms with Gasteiger partial charge < -0.3 is 10.2 Å². The second-order valence-corrected chi connectivity index (χ2v) is 2.28. The predicted octanol–water partition coefficient (Wildman–Crippen LogP) is 2.20. The highest BCUT2D eigenvalue weighted by atomic mass is 16.4. The SMILES string of the molecule is C=C(O)\C=C/C(/C=C/C(=O)O)=C\C. The number of carboxylic acid groups (broad SMARTS) is 1. The number of aliphatic hydroxyl groups excluding tert-OH is 1. The van der Waals surface area contributed by atoms with E-state index in [2.05, 4.69) is 6.58 Å². The smallest absolute Gasteiger partial charge is 0.328 e. The van der Waals surface area contributed by atoms with Crippen molar-refractivity contribution in [3.05, 3.63) is 48.3 Å². The molecule has 0 unspecified atom stereocenters. The van der Waals surface area contributed by atoms with E-state index < -0.39 is 5.97 Å². The fourth-order valence-electron chi connectivity index (χ4n) is 0.608. The zero-order valence-corrected chi connectivity index (χ0v) is 7.40. The van der Waals surface area contributed by atoms with Gasteiger partial charge in [-0.1, -0.05) is 18.7 Å². The minimum absolute atomic E-state index is 0.0666. The molecule has 0 amide bonds. The van der Waals surface area contributed by atoms with Crippen LogP contribution in [-0.2, 0) is 4.79 Å². The average molecular weight is 180 g/mol. The Bertz CT molecular complexity index is 257. The fraction of sp³-hybridized carbons (Fsp3) is 0.100. The maximum absolute atomic E-state index is 10.2. The largest absolute Gasteiger partial charge is 0.509 e. The normalized spacial score (nSPS) is 12.5. The second kappa shape index (κ2) is 5.83. The zero-order chi connectivity index (χ0) is 10.3. The Hall–Kier alpha value is -1.77. The average Bonchev–Trinajstić information content (AvgIpc) is 2.04. The van der Waals surface area contributed by atoms with Gasteiger partial charge in [-0.2, -0.15) is 0 Å². The monoisotopic (exact) mass is 180 g/mol. The molecule has 2 N–H and O–H groups in total. The van der Waals surface area contributed by atoms with Crippen molar-refractivity contribution in [2.45, 2.75) is 6.92 Å². The lowest BCUT2D eigenvalue weighted by Gasteiger charge is -1.90. The summed E-state index contributed by atoms with van der Waals surface area (Å²) in [5.74, 6) is -1.07. The summed E-state index contributed by atoms with van der Waals surface area (Å²) in [6, 6.07) is 0. The summed E-state index contributed by atoms with van der Waals surface area (Å²) in [5.41, 5.74) is 0.692. The zero-order valence-electron chi connectivity index (χ0n) is 7.40. The molecule has 0 rings (SSSR count). The van der Waals surface area contributed by atoms with Crippen LogP contribution >= 0.6 is 0 Å². The number of aliphatic hydroxyl groups is 1. The third kappa shape index (κ3) is 6.62. The van der Waals surface area contributed by atoms with E-state index in [-0.39, 0.29) is 5.76 Å². The Balaban J connectivity index is 4.39. The van der Waals surface area contributed by atoms with Crippen LogP contribution in [0.15, 0.2) is 48.3 Å². The number of hydrogen-bond donors (Lipinski definition) is 2. The molecule has 0 aromatic rings. The van der Waals surface area contributed by atoms with Crippen molar-refractivity contribution in [2.24, 2.45) is 0 Å². The summed E-state index contributed by atoms with van der Waals surface area (Å²) in [7, 11) is 0. The lowest BCUT2D eigenvalue weighted by molar-refractivity contribution is -0.131. The van der Waals surface area contributed by atoms with E-state index in [1.165, 1.54) is 12.2 Å². The highest BCUT2D eigenvalue weighted by Gasteiger charge is 1.87. The van der Waals surface area contributed by atoms with Crippen LogP contribution in [0.3, 0.4) is 0 Å². The molecule has 0 aromatic carbocycles. The topological polar surface area (TPSA) is 57.5 Å². The van der Waals surface area contributed by atoms with E-state index in [0.717, 1.165) is 6.08 Å². The van der Waals surface area contributed by atoms with E-state index in [9.17, 15) is 4.79 Å². The Morgan fingerprint density at radius 1 is 1.15 bits per heavy atom. The van der Waals surface area contributed by atoms with Crippen LogP contribution in [0.2, 0.25) is 0 Å². The van der Waals surface area contributed by atoms with Gasteiger partial charge in [0.05, 0.1) is 0 Å². The summed E-state index contributed by atoms with van der Waals surface area (Å²) >= 11 is 0. The molecule has 3 heteroatoms. The number of aliphatic carboxylic acids is 1. The van der Waals surface area contributed by atoms with Gasteiger partial charge in [0.25, 0.3) is 0 Å². The van der Waals surface area contributed by atoms with E-state index in [1.54, 1.807) is 19.1 Å². The molecule has 0 radical (unpaired) electrons. The van der Waals surface area contributed by atoms with Crippen LogP contribution in [0.4, 0.5) is 0 Å². The Labute approximate surface area is 77.0 Å². The van der Waals surface area contributed by atoms with Crippen molar-refractivity contribution in [3.63, 3.8) is 0 Å². The van der Waals surface area contributed by atoms with Crippen molar-refractivity contribution in [3.8, 4) is 0 Å². The first-order valence-corrected chi connectivity index (χ1v) is 3.69. The van der Waals surface area contributed by atoms with E-state index in [4.69, 9.17) is 10.2 Å². The number of carboxylic acids is 1. The molecule has 0 fully saturated rings. The fourth-order valence-corrected chi connectivity index (χ4v) is 0.608. The molecule has 0 saturated heterocycles. The summed E-state index contributed by atoms with van der Waals surface area (Å²) in [6.45, 7) is 5.03. The summed E-state index contributed by atoms with van der Waals surface area (Å²) in [5, 5.41) is 17.1. The molecule has 0 spiro atoms. The van der Waals surface area contributed by atoms with Gasteiger partial charge in [0.1, 0.15) is 5.76 Å². The maximum Gasteiger partial charge on any atom is 0.328 e. The number of rotatable bonds is 4. The van der Waals surface area contributed by atoms with Gasteiger partial charge >= 0.3 is 5.97 Å². The molecular weight excluding hydrogens is 168 g/mol. The van der Waals surface area contributed by atoms with E-state index in [1.807, 2.05) is 0 Å². The van der Waals surface area contributed by atoms with Crippen LogP contribution in [0.5, 0.6) is 0 Å². The molecule has 0 saturated carbocycles. The first-order valence-electron chi connectivity index (χ1n) is 3.69. The van der Waals surface area contributed by atoms with Crippen LogP contribution in [0, 0.1) is 0 Å². The molecule has 0 heterocycles. The second-order valence-electron chi connectivity index (χ2n) is 2.28. The highest BCUT2D eigenvalue weighted by Crippen LogP contribution is 2.00. The standard InChI is InChI=1S/C10H12O3/c1-3-9(5-4-8(2)11)6-7-10(12)13/h3-7,11H,2H2,1H3,(H,12,13)/b5-4-,7-6+,9-3+. The van der Waals surface area contributed by atoms with Gasteiger partial charge in [-0.15, -0.1) is 0 Å². The summed E-state index contributed by atoms with van der Waals surface area (Å²) in [6.07, 6.45) is 7.14. The number of allylic oxidation sites excluding steroid dienone is 5. The minimum atomic E-state index is -1.00. The van der Waals surface area contributed by atoms with Gasteiger partial charge in [0, 0.05) is 6.08 Å². The molecule has 0 aliphatic rings. The van der Waals surface area contributed by atoms with Crippen LogP contribution in [0.1, 0.15) is 6.92 Å². The molecule has 3 nitrogen and oxygen atoms in total.